The van der Waals surface area contributed by atoms with Crippen molar-refractivity contribution < 1.29 is 14.3 Å². The summed E-state index contributed by atoms with van der Waals surface area (Å²) in [5.41, 5.74) is 0.934. The highest BCUT2D eigenvalue weighted by Gasteiger charge is 2.32. The highest BCUT2D eigenvalue weighted by Crippen LogP contribution is 2.13. The van der Waals surface area contributed by atoms with Crippen LogP contribution in [0, 0.1) is 0 Å². The van der Waals surface area contributed by atoms with E-state index in [1.165, 1.54) is 17.6 Å². The molecule has 24 heavy (non-hydrogen) atoms. The molecule has 0 saturated carbocycles. The van der Waals surface area contributed by atoms with Gasteiger partial charge in [-0.1, -0.05) is 6.07 Å². The van der Waals surface area contributed by atoms with Crippen LogP contribution in [0.1, 0.15) is 12.1 Å². The van der Waals surface area contributed by atoms with E-state index in [-0.39, 0.29) is 17.9 Å². The number of hydrogen-bond donors (Lipinski definition) is 1. The first-order valence-corrected chi connectivity index (χ1v) is 7.64. The van der Waals surface area contributed by atoms with Crippen LogP contribution in [0.25, 0.3) is 5.65 Å². The van der Waals surface area contributed by atoms with E-state index >= 15 is 0 Å². The lowest BCUT2D eigenvalue weighted by atomic mass is 10.1. The summed E-state index contributed by atoms with van der Waals surface area (Å²) in [4.78, 5) is 42.1. The Morgan fingerprint density at radius 3 is 3.04 bits per heavy atom. The molecule has 126 valence electrons. The highest BCUT2D eigenvalue weighted by molar-refractivity contribution is 5.87. The van der Waals surface area contributed by atoms with Gasteiger partial charge in [0, 0.05) is 31.9 Å². The van der Waals surface area contributed by atoms with E-state index in [4.69, 9.17) is 0 Å². The molecule has 1 aliphatic rings. The quantitative estimate of drug-likeness (QED) is 0.764. The number of nitrogens with one attached hydrogen (secondary N) is 1. The molecule has 1 amide bonds. The average molecular weight is 330 g/mol. The Kier molecular flexibility index (Phi) is 4.57. The predicted molar refractivity (Wildman–Crippen MR) is 85.3 cm³/mol. The standard InChI is InChI=1S/C16H18N4O4/c1-24-15(22)9-12-16(23)17-5-7-19(12)10-11-8-14(21)20-6-3-2-4-13(20)18-11/h2-4,6,8,12H,5,7,9-10H2,1H3,(H,17,23)/t12-/m0/s1. The maximum absolute atomic E-state index is 12.2. The fourth-order valence-corrected chi connectivity index (χ4v) is 2.81. The van der Waals surface area contributed by atoms with E-state index in [0.29, 0.717) is 31.0 Å². The number of piperazine rings is 1. The Hall–Kier alpha value is -2.74. The van der Waals surface area contributed by atoms with E-state index < -0.39 is 12.0 Å². The molecule has 0 radical (unpaired) electrons. The molecule has 8 heteroatoms. The fourth-order valence-electron chi connectivity index (χ4n) is 2.81. The highest BCUT2D eigenvalue weighted by atomic mass is 16.5. The summed E-state index contributed by atoms with van der Waals surface area (Å²) in [6.07, 6.45) is 1.62. The molecule has 1 saturated heterocycles. The molecule has 2 aromatic rings. The van der Waals surface area contributed by atoms with Gasteiger partial charge in [-0.05, 0) is 12.1 Å². The Labute approximate surface area is 138 Å². The van der Waals surface area contributed by atoms with Crippen molar-refractivity contribution in [2.75, 3.05) is 20.2 Å². The summed E-state index contributed by atoms with van der Waals surface area (Å²) < 4.78 is 6.12. The Morgan fingerprint density at radius 1 is 1.42 bits per heavy atom. The average Bonchev–Trinajstić information content (AvgIpc) is 2.58. The molecule has 1 N–H and O–H groups in total. The SMILES string of the molecule is COC(=O)C[C@H]1C(=O)NCCN1Cc1cc(=O)n2ccccc2n1. The Bertz CT molecular complexity index is 832. The van der Waals surface area contributed by atoms with Gasteiger partial charge in [-0.15, -0.1) is 0 Å². The van der Waals surface area contributed by atoms with Crippen molar-refractivity contribution in [1.29, 1.82) is 0 Å². The zero-order chi connectivity index (χ0) is 17.1. The second kappa shape index (κ2) is 6.79. The second-order valence-corrected chi connectivity index (χ2v) is 5.57. The van der Waals surface area contributed by atoms with Crippen LogP contribution in [0.2, 0.25) is 0 Å². The van der Waals surface area contributed by atoms with Crippen LogP contribution >= 0.6 is 0 Å². The van der Waals surface area contributed by atoms with Gasteiger partial charge in [-0.3, -0.25) is 23.7 Å². The number of hydrogen-bond acceptors (Lipinski definition) is 6. The monoisotopic (exact) mass is 330 g/mol. The number of aromatic nitrogens is 2. The van der Waals surface area contributed by atoms with Gasteiger partial charge in [0.25, 0.3) is 5.56 Å². The molecule has 1 aliphatic heterocycles. The van der Waals surface area contributed by atoms with Crippen LogP contribution < -0.4 is 10.9 Å². The molecule has 0 spiro atoms. The molecular formula is C16H18N4O4. The first kappa shape index (κ1) is 16.1. The lowest BCUT2D eigenvalue weighted by molar-refractivity contribution is -0.146. The molecular weight excluding hydrogens is 312 g/mol. The van der Waals surface area contributed by atoms with Crippen LogP contribution in [0.4, 0.5) is 0 Å². The zero-order valence-corrected chi connectivity index (χ0v) is 13.3. The number of nitrogens with zero attached hydrogens (tertiary/aromatic N) is 3. The number of pyridine rings is 1. The van der Waals surface area contributed by atoms with Crippen LogP contribution in [0.5, 0.6) is 0 Å². The normalized spacial score (nSPS) is 18.4. The number of ether oxygens (including phenoxy) is 1. The summed E-state index contributed by atoms with van der Waals surface area (Å²) in [7, 11) is 1.29. The van der Waals surface area contributed by atoms with Crippen molar-refractivity contribution in [2.45, 2.75) is 19.0 Å². The number of carbonyl (C=O) groups excluding carboxylic acids is 2. The fraction of sp³-hybridized carbons (Fsp3) is 0.375. The van der Waals surface area contributed by atoms with Crippen molar-refractivity contribution in [3.05, 3.63) is 46.5 Å². The minimum Gasteiger partial charge on any atom is -0.469 e. The third-order valence-corrected chi connectivity index (χ3v) is 4.02. The number of fused-ring (bicyclic) bond motifs is 1. The Balaban J connectivity index is 1.86. The third-order valence-electron chi connectivity index (χ3n) is 4.02. The second-order valence-electron chi connectivity index (χ2n) is 5.57. The maximum Gasteiger partial charge on any atom is 0.307 e. The molecule has 2 aromatic heterocycles. The van der Waals surface area contributed by atoms with Gasteiger partial charge in [0.15, 0.2) is 0 Å². The summed E-state index contributed by atoms with van der Waals surface area (Å²) >= 11 is 0. The number of carbonyl (C=O) groups is 2. The number of rotatable bonds is 4. The lowest BCUT2D eigenvalue weighted by Gasteiger charge is -2.34. The van der Waals surface area contributed by atoms with E-state index in [2.05, 4.69) is 15.0 Å². The first-order chi connectivity index (χ1) is 11.6. The number of esters is 1. The Morgan fingerprint density at radius 2 is 2.25 bits per heavy atom. The summed E-state index contributed by atoms with van der Waals surface area (Å²) in [6, 6.07) is 6.15. The summed E-state index contributed by atoms with van der Waals surface area (Å²) in [5.74, 6) is -0.669. The van der Waals surface area contributed by atoms with Gasteiger partial charge >= 0.3 is 5.97 Å². The van der Waals surface area contributed by atoms with Gasteiger partial charge in [0.2, 0.25) is 5.91 Å². The molecule has 8 nitrogen and oxygen atoms in total. The van der Waals surface area contributed by atoms with Gasteiger partial charge in [-0.2, -0.15) is 0 Å². The molecule has 0 aliphatic carbocycles. The van der Waals surface area contributed by atoms with Crippen molar-refractivity contribution in [3.63, 3.8) is 0 Å². The van der Waals surface area contributed by atoms with Crippen LogP contribution in [-0.4, -0.2) is 52.4 Å². The van der Waals surface area contributed by atoms with Gasteiger partial charge in [-0.25, -0.2) is 4.98 Å². The van der Waals surface area contributed by atoms with E-state index in [0.717, 1.165) is 0 Å². The van der Waals surface area contributed by atoms with Crippen LogP contribution in [0.15, 0.2) is 35.3 Å². The minimum atomic E-state index is -0.623. The van der Waals surface area contributed by atoms with E-state index in [9.17, 15) is 14.4 Å². The largest absolute Gasteiger partial charge is 0.469 e. The van der Waals surface area contributed by atoms with E-state index in [1.807, 2.05) is 4.90 Å². The van der Waals surface area contributed by atoms with Crippen molar-refractivity contribution in [1.82, 2.24) is 19.6 Å². The van der Waals surface area contributed by atoms with Gasteiger partial charge in [0.1, 0.15) is 11.7 Å². The lowest BCUT2D eigenvalue weighted by Crippen LogP contribution is -2.55. The van der Waals surface area contributed by atoms with Crippen LogP contribution in [0.3, 0.4) is 0 Å². The molecule has 3 heterocycles. The van der Waals surface area contributed by atoms with Crippen LogP contribution in [-0.2, 0) is 20.9 Å². The predicted octanol–water partition coefficient (Wildman–Crippen LogP) is -0.442. The molecule has 0 aromatic carbocycles. The number of amides is 1. The topological polar surface area (TPSA) is 93.0 Å². The summed E-state index contributed by atoms with van der Waals surface area (Å²) in [6.45, 7) is 1.38. The minimum absolute atomic E-state index is 0.0328. The smallest absolute Gasteiger partial charge is 0.307 e. The van der Waals surface area contributed by atoms with Crippen molar-refractivity contribution in [2.24, 2.45) is 0 Å². The first-order valence-electron chi connectivity index (χ1n) is 7.64. The van der Waals surface area contributed by atoms with Gasteiger partial charge in [0.05, 0.1) is 19.2 Å². The summed E-state index contributed by atoms with van der Waals surface area (Å²) in [5, 5.41) is 2.74. The molecule has 1 fully saturated rings. The van der Waals surface area contributed by atoms with Gasteiger partial charge < -0.3 is 10.1 Å². The maximum atomic E-state index is 12.2. The third kappa shape index (κ3) is 3.28. The van der Waals surface area contributed by atoms with Crippen molar-refractivity contribution >= 4 is 17.5 Å². The molecule has 0 bridgehead atoms. The van der Waals surface area contributed by atoms with Crippen molar-refractivity contribution in [3.8, 4) is 0 Å². The number of methoxy groups -OCH3 is 1. The molecule has 3 rings (SSSR count). The molecule has 1 atom stereocenters. The zero-order valence-electron chi connectivity index (χ0n) is 13.3. The van der Waals surface area contributed by atoms with E-state index in [1.54, 1.807) is 24.4 Å². The molecule has 0 unspecified atom stereocenters.